The van der Waals surface area contributed by atoms with Gasteiger partial charge in [0.05, 0.1) is 6.33 Å². The quantitative estimate of drug-likeness (QED) is 0.423. The van der Waals surface area contributed by atoms with Crippen molar-refractivity contribution in [1.29, 1.82) is 0 Å². The summed E-state index contributed by atoms with van der Waals surface area (Å²) in [6, 6.07) is 15.5. The Kier molecular flexibility index (Phi) is 9.00. The number of carboxylic acids is 2. The Bertz CT molecular complexity index is 1030. The van der Waals surface area contributed by atoms with E-state index in [2.05, 4.69) is 4.98 Å². The second-order valence-electron chi connectivity index (χ2n) is 6.08. The normalized spacial score (nSPS) is 10.2. The number of hydrogen-bond donors (Lipinski definition) is 2. The van der Waals surface area contributed by atoms with Crippen molar-refractivity contribution in [3.63, 3.8) is 0 Å². The molecule has 3 aromatic rings. The summed E-state index contributed by atoms with van der Waals surface area (Å²) in [6.07, 6.45) is 6.05. The van der Waals surface area contributed by atoms with E-state index in [9.17, 15) is 14.4 Å². The van der Waals surface area contributed by atoms with E-state index in [-0.39, 0.29) is 19.1 Å². The fourth-order valence-electron chi connectivity index (χ4n) is 2.36. The number of carbonyl (C=O) groups is 3. The molecule has 0 amide bonds. The van der Waals surface area contributed by atoms with Gasteiger partial charge in [0.15, 0.2) is 0 Å². The van der Waals surface area contributed by atoms with E-state index in [4.69, 9.17) is 26.6 Å². The Balaban J connectivity index is 0.000000366. The van der Waals surface area contributed by atoms with Crippen molar-refractivity contribution in [2.45, 2.75) is 13.2 Å². The van der Waals surface area contributed by atoms with Crippen LogP contribution in [0, 0.1) is 0 Å². The van der Waals surface area contributed by atoms with Crippen LogP contribution in [0.1, 0.15) is 5.56 Å². The number of aliphatic carboxylic acids is 2. The molecule has 0 aliphatic heterocycles. The Morgan fingerprint density at radius 1 is 1.00 bits per heavy atom. The lowest BCUT2D eigenvalue weighted by atomic mass is 10.0. The van der Waals surface area contributed by atoms with Gasteiger partial charge < -0.3 is 19.5 Å². The maximum Gasteiger partial charge on any atom is 0.328 e. The number of halogens is 1. The van der Waals surface area contributed by atoms with Crippen molar-refractivity contribution in [3.8, 4) is 11.1 Å². The first-order chi connectivity index (χ1) is 14.8. The van der Waals surface area contributed by atoms with Crippen molar-refractivity contribution < 1.29 is 29.3 Å². The highest BCUT2D eigenvalue weighted by atomic mass is 35.5. The maximum atomic E-state index is 11.7. The first-order valence-corrected chi connectivity index (χ1v) is 9.32. The molecular formula is C22H19ClN2O6. The van der Waals surface area contributed by atoms with E-state index in [1.807, 2.05) is 48.5 Å². The summed E-state index contributed by atoms with van der Waals surface area (Å²) in [5.74, 6) is -2.81. The Morgan fingerprint density at radius 3 is 2.19 bits per heavy atom. The zero-order valence-corrected chi connectivity index (χ0v) is 17.0. The molecule has 0 aliphatic rings. The van der Waals surface area contributed by atoms with Gasteiger partial charge in [0.25, 0.3) is 0 Å². The van der Waals surface area contributed by atoms with Crippen molar-refractivity contribution in [2.24, 2.45) is 0 Å². The van der Waals surface area contributed by atoms with Crippen LogP contribution in [0.3, 0.4) is 0 Å². The molecule has 9 heteroatoms. The van der Waals surface area contributed by atoms with Gasteiger partial charge in [-0.3, -0.25) is 4.79 Å². The minimum absolute atomic E-state index is 0.164. The van der Waals surface area contributed by atoms with E-state index >= 15 is 0 Å². The summed E-state index contributed by atoms with van der Waals surface area (Å²) in [4.78, 5) is 34.7. The lowest BCUT2D eigenvalue weighted by Crippen LogP contribution is -2.12. The van der Waals surface area contributed by atoms with Crippen LogP contribution in [-0.2, 0) is 32.3 Å². The Morgan fingerprint density at radius 2 is 1.65 bits per heavy atom. The van der Waals surface area contributed by atoms with Gasteiger partial charge in [-0.1, -0.05) is 54.1 Å². The smallest absolute Gasteiger partial charge is 0.328 e. The van der Waals surface area contributed by atoms with Gasteiger partial charge >= 0.3 is 17.9 Å². The SMILES string of the molecule is O=C(Cn1ccnc1)OCc1ccc(-c2ccccc2Cl)cc1.O=C(O)/C=C\C(=O)O. The van der Waals surface area contributed by atoms with Gasteiger partial charge in [0.1, 0.15) is 13.2 Å². The van der Waals surface area contributed by atoms with Crippen LogP contribution in [0.4, 0.5) is 0 Å². The summed E-state index contributed by atoms with van der Waals surface area (Å²) < 4.78 is 6.93. The van der Waals surface area contributed by atoms with Crippen LogP contribution < -0.4 is 0 Å². The molecule has 0 aliphatic carbocycles. The molecule has 0 bridgehead atoms. The third kappa shape index (κ3) is 8.55. The number of nitrogens with zero attached hydrogens (tertiary/aromatic N) is 2. The first-order valence-electron chi connectivity index (χ1n) is 8.94. The molecule has 2 N–H and O–H groups in total. The average molecular weight is 443 g/mol. The highest BCUT2D eigenvalue weighted by Gasteiger charge is 2.06. The zero-order valence-electron chi connectivity index (χ0n) is 16.2. The zero-order chi connectivity index (χ0) is 22.6. The molecule has 0 saturated carbocycles. The number of carboxylic acid groups (broad SMARTS) is 2. The molecule has 0 radical (unpaired) electrons. The summed E-state index contributed by atoms with van der Waals surface area (Å²) in [5, 5.41) is 16.3. The van der Waals surface area contributed by atoms with Gasteiger partial charge in [-0.05, 0) is 17.2 Å². The van der Waals surface area contributed by atoms with Crippen molar-refractivity contribution in [3.05, 3.63) is 90.0 Å². The largest absolute Gasteiger partial charge is 0.478 e. The monoisotopic (exact) mass is 442 g/mol. The van der Waals surface area contributed by atoms with Crippen molar-refractivity contribution >= 4 is 29.5 Å². The first kappa shape index (κ1) is 23.4. The van der Waals surface area contributed by atoms with Gasteiger partial charge in [0, 0.05) is 35.1 Å². The highest BCUT2D eigenvalue weighted by Crippen LogP contribution is 2.27. The van der Waals surface area contributed by atoms with Gasteiger partial charge in [-0.15, -0.1) is 0 Å². The van der Waals surface area contributed by atoms with Crippen molar-refractivity contribution in [1.82, 2.24) is 9.55 Å². The number of aromatic nitrogens is 2. The van der Waals surface area contributed by atoms with Crippen LogP contribution in [0.15, 0.2) is 79.4 Å². The lowest BCUT2D eigenvalue weighted by Gasteiger charge is -2.08. The van der Waals surface area contributed by atoms with E-state index in [1.165, 1.54) is 0 Å². The molecule has 2 aromatic carbocycles. The summed E-state index contributed by atoms with van der Waals surface area (Å²) in [5.41, 5.74) is 2.95. The second kappa shape index (κ2) is 11.9. The van der Waals surface area contributed by atoms with Gasteiger partial charge in [0.2, 0.25) is 0 Å². The molecule has 31 heavy (non-hydrogen) atoms. The standard InChI is InChI=1S/C18H15ClN2O2.C4H4O4/c19-17-4-2-1-3-16(17)15-7-5-14(6-8-15)12-23-18(22)11-21-10-9-20-13-21;5-3(6)1-2-4(7)8/h1-10,13H,11-12H2;1-2H,(H,5,6)(H,7,8)/b;2-1-. The molecule has 1 aromatic heterocycles. The van der Waals surface area contributed by atoms with Crippen molar-refractivity contribution in [2.75, 3.05) is 0 Å². The topological polar surface area (TPSA) is 119 Å². The number of benzene rings is 2. The minimum atomic E-state index is -1.26. The molecule has 0 unspecified atom stereocenters. The number of ether oxygens (including phenoxy) is 1. The second-order valence-corrected chi connectivity index (χ2v) is 6.49. The van der Waals surface area contributed by atoms with Crippen LogP contribution in [-0.4, -0.2) is 37.7 Å². The van der Waals surface area contributed by atoms with E-state index in [0.717, 1.165) is 16.7 Å². The number of rotatable bonds is 7. The van der Waals surface area contributed by atoms with Crippen LogP contribution in [0.25, 0.3) is 11.1 Å². The Labute approximate surface area is 183 Å². The van der Waals surface area contributed by atoms with E-state index in [1.54, 1.807) is 23.3 Å². The molecule has 160 valence electrons. The molecule has 3 rings (SSSR count). The molecule has 0 fully saturated rings. The minimum Gasteiger partial charge on any atom is -0.478 e. The highest BCUT2D eigenvalue weighted by molar-refractivity contribution is 6.33. The fourth-order valence-corrected chi connectivity index (χ4v) is 2.60. The Hall–Kier alpha value is -3.91. The van der Waals surface area contributed by atoms with Crippen LogP contribution >= 0.6 is 11.6 Å². The lowest BCUT2D eigenvalue weighted by molar-refractivity contribution is -0.145. The molecule has 1 heterocycles. The molecule has 0 saturated heterocycles. The van der Waals surface area contributed by atoms with Crippen LogP contribution in [0.2, 0.25) is 5.02 Å². The van der Waals surface area contributed by atoms with Gasteiger partial charge in [-0.25, -0.2) is 14.6 Å². The summed E-state index contributed by atoms with van der Waals surface area (Å²) in [7, 11) is 0. The summed E-state index contributed by atoms with van der Waals surface area (Å²) in [6.45, 7) is 0.411. The summed E-state index contributed by atoms with van der Waals surface area (Å²) >= 11 is 6.19. The molecular weight excluding hydrogens is 424 g/mol. The maximum absolute atomic E-state index is 11.7. The fraction of sp³-hybridized carbons (Fsp3) is 0.0909. The van der Waals surface area contributed by atoms with E-state index < -0.39 is 11.9 Å². The number of carbonyl (C=O) groups excluding carboxylic acids is 1. The van der Waals surface area contributed by atoms with Gasteiger partial charge in [-0.2, -0.15) is 0 Å². The van der Waals surface area contributed by atoms with E-state index in [0.29, 0.717) is 17.2 Å². The predicted molar refractivity (Wildman–Crippen MR) is 113 cm³/mol. The number of esters is 1. The number of imidazole rings is 1. The van der Waals surface area contributed by atoms with Crippen LogP contribution in [0.5, 0.6) is 0 Å². The third-order valence-electron chi connectivity index (χ3n) is 3.78. The predicted octanol–water partition coefficient (Wildman–Crippen LogP) is 3.66. The molecule has 0 spiro atoms. The molecule has 0 atom stereocenters. The molecule has 8 nitrogen and oxygen atoms in total. The average Bonchev–Trinajstić information content (AvgIpc) is 3.25. The third-order valence-corrected chi connectivity index (χ3v) is 4.11. The number of hydrogen-bond acceptors (Lipinski definition) is 5.